The Morgan fingerprint density at radius 3 is 2.65 bits per heavy atom. The normalized spacial score (nSPS) is 22.0. The molecule has 1 aliphatic heterocycles. The molecule has 0 fully saturated rings. The summed E-state index contributed by atoms with van der Waals surface area (Å²) in [6.45, 7) is 0.982. The van der Waals surface area contributed by atoms with Crippen LogP contribution in [-0.2, 0) is 6.42 Å². The molecule has 0 N–H and O–H groups in total. The Hall–Kier alpha value is -2.01. The van der Waals surface area contributed by atoms with Crippen molar-refractivity contribution in [2.75, 3.05) is 41.9 Å². The smallest absolute Gasteiger partial charge is 0.194 e. The van der Waals surface area contributed by atoms with Crippen LogP contribution in [0.1, 0.15) is 33.9 Å². The monoisotopic (exact) mass is 316 g/mol. The highest BCUT2D eigenvalue weighted by Crippen LogP contribution is 2.48. The highest BCUT2D eigenvalue weighted by Gasteiger charge is 2.39. The molecule has 5 nitrogen and oxygen atoms in total. The number of rotatable bonds is 3. The first-order valence-corrected chi connectivity index (χ1v) is 7.87. The van der Waals surface area contributed by atoms with E-state index in [0.29, 0.717) is 17.1 Å². The van der Waals surface area contributed by atoms with Crippen molar-refractivity contribution >= 4 is 5.78 Å². The fourth-order valence-corrected chi connectivity index (χ4v) is 3.69. The minimum absolute atomic E-state index is 0.0530. The van der Waals surface area contributed by atoms with Gasteiger partial charge in [-0.2, -0.15) is 0 Å². The fraction of sp³-hybridized carbons (Fsp3) is 0.500. The third-order valence-electron chi connectivity index (χ3n) is 4.74. The van der Waals surface area contributed by atoms with E-state index in [4.69, 9.17) is 9.47 Å². The van der Waals surface area contributed by atoms with Gasteiger partial charge in [-0.1, -0.05) is 0 Å². The number of benzene rings is 1. The predicted octanol–water partition coefficient (Wildman–Crippen LogP) is 2.26. The summed E-state index contributed by atoms with van der Waals surface area (Å²) >= 11 is 0. The SMILES string of the molecule is COc1cc2c3c(c1OC)C(=O)C(=CN(C)C)CC3N(C)CC2. The second kappa shape index (κ2) is 5.89. The Bertz CT molecular complexity index is 679. The molecule has 0 saturated carbocycles. The van der Waals surface area contributed by atoms with Crippen LogP contribution in [0, 0.1) is 0 Å². The van der Waals surface area contributed by atoms with Gasteiger partial charge in [0.25, 0.3) is 0 Å². The molecule has 1 heterocycles. The maximum atomic E-state index is 13.1. The number of carbonyl (C=O) groups excluding carboxylic acids is 1. The van der Waals surface area contributed by atoms with E-state index in [1.165, 1.54) is 5.56 Å². The van der Waals surface area contributed by atoms with Gasteiger partial charge in [0.2, 0.25) is 0 Å². The summed E-state index contributed by atoms with van der Waals surface area (Å²) in [4.78, 5) is 17.3. The average molecular weight is 316 g/mol. The van der Waals surface area contributed by atoms with Crippen LogP contribution in [0.4, 0.5) is 0 Å². The van der Waals surface area contributed by atoms with Gasteiger partial charge < -0.3 is 14.4 Å². The summed E-state index contributed by atoms with van der Waals surface area (Å²) in [7, 11) is 9.22. The lowest BCUT2D eigenvalue weighted by molar-refractivity contribution is 0.0992. The van der Waals surface area contributed by atoms with Crippen LogP contribution in [0.2, 0.25) is 0 Å². The quantitative estimate of drug-likeness (QED) is 0.800. The van der Waals surface area contributed by atoms with E-state index in [0.717, 1.165) is 30.5 Å². The molecule has 1 aromatic carbocycles. The summed E-state index contributed by atoms with van der Waals surface area (Å²) in [5.74, 6) is 1.25. The zero-order chi connectivity index (χ0) is 16.7. The van der Waals surface area contributed by atoms with Gasteiger partial charge in [0.05, 0.1) is 19.8 Å². The molecule has 5 heteroatoms. The Kier molecular flexibility index (Phi) is 4.06. The molecule has 1 aromatic rings. The lowest BCUT2D eigenvalue weighted by Gasteiger charge is -2.40. The van der Waals surface area contributed by atoms with Gasteiger partial charge in [0.1, 0.15) is 0 Å². The number of ketones is 1. The third kappa shape index (κ3) is 2.49. The lowest BCUT2D eigenvalue weighted by atomic mass is 9.77. The molecule has 0 bridgehead atoms. The van der Waals surface area contributed by atoms with Gasteiger partial charge in [-0.25, -0.2) is 0 Å². The van der Waals surface area contributed by atoms with E-state index in [9.17, 15) is 4.79 Å². The van der Waals surface area contributed by atoms with E-state index in [1.807, 2.05) is 31.3 Å². The predicted molar refractivity (Wildman–Crippen MR) is 89.3 cm³/mol. The number of hydrogen-bond acceptors (Lipinski definition) is 5. The van der Waals surface area contributed by atoms with Crippen molar-refractivity contribution in [3.8, 4) is 11.5 Å². The van der Waals surface area contributed by atoms with Gasteiger partial charge in [0, 0.05) is 38.5 Å². The van der Waals surface area contributed by atoms with Crippen LogP contribution in [-0.4, -0.2) is 57.5 Å². The first-order valence-electron chi connectivity index (χ1n) is 7.87. The Labute approximate surface area is 137 Å². The second-order valence-electron chi connectivity index (χ2n) is 6.46. The summed E-state index contributed by atoms with van der Waals surface area (Å²) in [5.41, 5.74) is 3.83. The second-order valence-corrected chi connectivity index (χ2v) is 6.46. The van der Waals surface area contributed by atoms with Crippen molar-refractivity contribution in [1.29, 1.82) is 0 Å². The van der Waals surface area contributed by atoms with Crippen molar-refractivity contribution in [2.24, 2.45) is 0 Å². The summed E-state index contributed by atoms with van der Waals surface area (Å²) < 4.78 is 11.0. The average Bonchev–Trinajstić information content (AvgIpc) is 2.52. The highest BCUT2D eigenvalue weighted by molar-refractivity contribution is 6.13. The number of hydrogen-bond donors (Lipinski definition) is 0. The molecule has 0 aromatic heterocycles. The summed E-state index contributed by atoms with van der Waals surface area (Å²) in [5, 5.41) is 0. The minimum atomic E-state index is 0.0530. The van der Waals surface area contributed by atoms with Gasteiger partial charge in [-0.05, 0) is 37.1 Å². The first-order chi connectivity index (χ1) is 11.0. The Morgan fingerprint density at radius 2 is 2.04 bits per heavy atom. The number of carbonyl (C=O) groups is 1. The van der Waals surface area contributed by atoms with Crippen molar-refractivity contribution in [3.05, 3.63) is 34.5 Å². The topological polar surface area (TPSA) is 42.0 Å². The molecule has 1 unspecified atom stereocenters. The van der Waals surface area contributed by atoms with Crippen molar-refractivity contribution in [1.82, 2.24) is 9.80 Å². The van der Waals surface area contributed by atoms with E-state index in [1.54, 1.807) is 14.2 Å². The minimum Gasteiger partial charge on any atom is -0.493 e. The molecule has 124 valence electrons. The third-order valence-corrected chi connectivity index (χ3v) is 4.74. The summed E-state index contributed by atoms with van der Waals surface area (Å²) in [6, 6.07) is 2.25. The molecular weight excluding hydrogens is 292 g/mol. The molecule has 0 radical (unpaired) electrons. The molecule has 0 saturated heterocycles. The van der Waals surface area contributed by atoms with Crippen LogP contribution in [0.25, 0.3) is 0 Å². The molecule has 23 heavy (non-hydrogen) atoms. The largest absolute Gasteiger partial charge is 0.493 e. The van der Waals surface area contributed by atoms with E-state index in [-0.39, 0.29) is 11.8 Å². The van der Waals surface area contributed by atoms with Gasteiger partial charge >= 0.3 is 0 Å². The molecule has 2 aliphatic rings. The van der Waals surface area contributed by atoms with Crippen LogP contribution in [0.3, 0.4) is 0 Å². The van der Waals surface area contributed by atoms with Crippen molar-refractivity contribution in [3.63, 3.8) is 0 Å². The van der Waals surface area contributed by atoms with E-state index >= 15 is 0 Å². The Morgan fingerprint density at radius 1 is 1.30 bits per heavy atom. The van der Waals surface area contributed by atoms with Crippen LogP contribution >= 0.6 is 0 Å². The number of methoxy groups -OCH3 is 2. The zero-order valence-electron chi connectivity index (χ0n) is 14.5. The van der Waals surface area contributed by atoms with Crippen molar-refractivity contribution < 1.29 is 14.3 Å². The Balaban J connectivity index is 2.28. The molecule has 3 rings (SSSR count). The van der Waals surface area contributed by atoms with Crippen LogP contribution < -0.4 is 9.47 Å². The lowest BCUT2D eigenvalue weighted by Crippen LogP contribution is -2.37. The molecule has 1 aliphatic carbocycles. The first kappa shape index (κ1) is 15.9. The molecule has 0 spiro atoms. The van der Waals surface area contributed by atoms with E-state index < -0.39 is 0 Å². The molecule has 0 amide bonds. The van der Waals surface area contributed by atoms with Gasteiger partial charge in [-0.15, -0.1) is 0 Å². The maximum Gasteiger partial charge on any atom is 0.194 e. The van der Waals surface area contributed by atoms with Crippen LogP contribution in [0.5, 0.6) is 11.5 Å². The highest BCUT2D eigenvalue weighted by atomic mass is 16.5. The van der Waals surface area contributed by atoms with Gasteiger partial charge in [-0.3, -0.25) is 9.69 Å². The van der Waals surface area contributed by atoms with Crippen molar-refractivity contribution in [2.45, 2.75) is 18.9 Å². The number of ether oxygens (including phenoxy) is 2. The fourth-order valence-electron chi connectivity index (χ4n) is 3.69. The van der Waals surface area contributed by atoms with Gasteiger partial charge in [0.15, 0.2) is 17.3 Å². The van der Waals surface area contributed by atoms with E-state index in [2.05, 4.69) is 11.9 Å². The zero-order valence-corrected chi connectivity index (χ0v) is 14.5. The molecular formula is C18H24N2O3. The van der Waals surface area contributed by atoms with Crippen LogP contribution in [0.15, 0.2) is 17.8 Å². The number of likely N-dealkylation sites (N-methyl/N-ethyl adjacent to an activating group) is 1. The summed E-state index contributed by atoms with van der Waals surface area (Å²) in [6.07, 6.45) is 3.59. The molecule has 1 atom stereocenters. The number of Topliss-reactive ketones (excluding diaryl/α,β-unsaturated/α-hetero) is 1. The maximum absolute atomic E-state index is 13.1. The number of nitrogens with zero attached hydrogens (tertiary/aromatic N) is 2. The standard InChI is InChI=1S/C18H24N2O3/c1-19(2)10-12-8-13-15-11(6-7-20(13)3)9-14(22-4)18(23-5)16(15)17(12)21/h9-10,13H,6-8H2,1-5H3.